The molecule has 0 saturated carbocycles. The zero-order chi connectivity index (χ0) is 28.5. The Labute approximate surface area is 253 Å². The van der Waals surface area contributed by atoms with Crippen LogP contribution in [0.4, 0.5) is 0 Å². The Morgan fingerprint density at radius 1 is 0.810 bits per heavy atom. The smallest absolute Gasteiger partial charge is 0.275 e. The second kappa shape index (κ2) is 12.2. The first kappa shape index (κ1) is 27.6. The number of hydrogen-bond acceptors (Lipinski definition) is 8. The fourth-order valence-corrected chi connectivity index (χ4v) is 6.93. The molecule has 0 spiro atoms. The molecule has 2 aliphatic rings. The zero-order valence-electron chi connectivity index (χ0n) is 23.4. The van der Waals surface area contributed by atoms with Gasteiger partial charge in [-0.1, -0.05) is 29.8 Å². The van der Waals surface area contributed by atoms with Gasteiger partial charge in [0.15, 0.2) is 0 Å². The van der Waals surface area contributed by atoms with Crippen molar-refractivity contribution in [3.05, 3.63) is 88.1 Å². The lowest BCUT2D eigenvalue weighted by molar-refractivity contribution is 0.0296. The highest BCUT2D eigenvalue weighted by molar-refractivity contribution is 7.22. The fourth-order valence-electron chi connectivity index (χ4n) is 5.75. The number of ether oxygens (including phenoxy) is 1. The average molecular weight is 601 g/mol. The Morgan fingerprint density at radius 2 is 1.55 bits per heavy atom. The van der Waals surface area contributed by atoms with Crippen molar-refractivity contribution in [3.63, 3.8) is 0 Å². The van der Waals surface area contributed by atoms with Crippen molar-refractivity contribution in [1.29, 1.82) is 0 Å². The van der Waals surface area contributed by atoms with Crippen LogP contribution in [0, 0.1) is 0 Å². The summed E-state index contributed by atoms with van der Waals surface area (Å²) in [6.45, 7) is 11.3. The van der Waals surface area contributed by atoms with Gasteiger partial charge in [-0.15, -0.1) is 11.3 Å². The maximum Gasteiger partial charge on any atom is 0.275 e. The van der Waals surface area contributed by atoms with Gasteiger partial charge in [-0.05, 0) is 48.0 Å². The highest BCUT2D eigenvalue weighted by Gasteiger charge is 2.19. The average Bonchev–Trinajstić information content (AvgIpc) is 3.47. The molecule has 0 bridgehead atoms. The molecule has 0 unspecified atom stereocenters. The first-order valence-corrected chi connectivity index (χ1v) is 15.7. The number of halogens is 1. The third-order valence-electron chi connectivity index (χ3n) is 8.26. The van der Waals surface area contributed by atoms with Crippen molar-refractivity contribution >= 4 is 44.1 Å². The summed E-state index contributed by atoms with van der Waals surface area (Å²) in [5.41, 5.74) is 4.45. The van der Waals surface area contributed by atoms with Gasteiger partial charge >= 0.3 is 0 Å². The summed E-state index contributed by atoms with van der Waals surface area (Å²) in [6, 6.07) is 19.8. The van der Waals surface area contributed by atoms with E-state index in [9.17, 15) is 4.79 Å². The Balaban J connectivity index is 1.02. The summed E-state index contributed by atoms with van der Waals surface area (Å²) >= 11 is 7.50. The van der Waals surface area contributed by atoms with Gasteiger partial charge in [0.25, 0.3) is 5.56 Å². The minimum atomic E-state index is -0.0711. The number of pyridine rings is 1. The summed E-state index contributed by atoms with van der Waals surface area (Å²) in [5, 5.41) is 1.69. The van der Waals surface area contributed by atoms with Crippen LogP contribution in [0.25, 0.3) is 37.2 Å². The Bertz CT molecular complexity index is 1760. The quantitative estimate of drug-likeness (QED) is 0.267. The van der Waals surface area contributed by atoms with Gasteiger partial charge in [0, 0.05) is 74.2 Å². The van der Waals surface area contributed by atoms with Crippen LogP contribution in [-0.2, 0) is 11.3 Å². The molecule has 2 aromatic carbocycles. The summed E-state index contributed by atoms with van der Waals surface area (Å²) in [6.07, 6.45) is 1.62. The van der Waals surface area contributed by atoms with Crippen molar-refractivity contribution in [1.82, 2.24) is 29.2 Å². The maximum absolute atomic E-state index is 13.5. The van der Waals surface area contributed by atoms with Crippen LogP contribution < -0.4 is 5.56 Å². The molecule has 2 fully saturated rings. The number of hydrogen-bond donors (Lipinski definition) is 0. The predicted octanol–water partition coefficient (Wildman–Crippen LogP) is 4.77. The minimum absolute atomic E-state index is 0.0711. The van der Waals surface area contributed by atoms with E-state index in [1.54, 1.807) is 10.9 Å². The van der Waals surface area contributed by atoms with E-state index >= 15 is 0 Å². The number of nitrogens with zero attached hydrogens (tertiary/aromatic N) is 6. The normalized spacial score (nSPS) is 17.4. The molecule has 0 atom stereocenters. The molecular weight excluding hydrogens is 568 g/mol. The standard InChI is InChI=1S/C32H33ClN6O2S/c33-25-4-1-23(2-5-25)30-20-29-31(42-30)32(40)39(22-34-29)27-7-8-28-24(19-27)3-6-26(35-28)21-38-13-11-36(12-14-38)9-10-37-15-17-41-18-16-37/h1-8,19-20,22H,9-18,21H2. The van der Waals surface area contributed by atoms with Crippen LogP contribution in [0.1, 0.15) is 5.69 Å². The topological polar surface area (TPSA) is 66.7 Å². The van der Waals surface area contributed by atoms with Gasteiger partial charge in [-0.2, -0.15) is 0 Å². The molecule has 10 heteroatoms. The molecule has 2 saturated heterocycles. The van der Waals surface area contributed by atoms with Gasteiger partial charge in [0.05, 0.1) is 35.6 Å². The van der Waals surface area contributed by atoms with E-state index in [1.807, 2.05) is 48.5 Å². The number of aromatic nitrogens is 3. The number of thiophene rings is 1. The van der Waals surface area contributed by atoms with Gasteiger partial charge in [-0.25, -0.2) is 4.98 Å². The summed E-state index contributed by atoms with van der Waals surface area (Å²) < 4.78 is 7.72. The largest absolute Gasteiger partial charge is 0.379 e. The maximum atomic E-state index is 13.5. The number of morpholine rings is 1. The van der Waals surface area contributed by atoms with Gasteiger partial charge in [-0.3, -0.25) is 29.0 Å². The van der Waals surface area contributed by atoms with E-state index in [1.165, 1.54) is 11.3 Å². The number of fused-ring (bicyclic) bond motifs is 2. The molecule has 3 aromatic heterocycles. The number of rotatable bonds is 7. The fraction of sp³-hybridized carbons (Fsp3) is 0.344. The highest BCUT2D eigenvalue weighted by atomic mass is 35.5. The monoisotopic (exact) mass is 600 g/mol. The second-order valence-electron chi connectivity index (χ2n) is 11.0. The molecule has 5 aromatic rings. The summed E-state index contributed by atoms with van der Waals surface area (Å²) in [4.78, 5) is 31.6. The van der Waals surface area contributed by atoms with Crippen molar-refractivity contribution in [2.45, 2.75) is 6.54 Å². The summed E-state index contributed by atoms with van der Waals surface area (Å²) in [7, 11) is 0. The van der Waals surface area contributed by atoms with E-state index in [0.717, 1.165) is 105 Å². The lowest BCUT2D eigenvalue weighted by atomic mass is 10.1. The van der Waals surface area contributed by atoms with Crippen molar-refractivity contribution in [2.24, 2.45) is 0 Å². The minimum Gasteiger partial charge on any atom is -0.379 e. The van der Waals surface area contributed by atoms with E-state index in [-0.39, 0.29) is 5.56 Å². The molecule has 2 aliphatic heterocycles. The van der Waals surface area contributed by atoms with Crippen LogP contribution in [0.15, 0.2) is 71.8 Å². The molecule has 0 amide bonds. The lowest BCUT2D eigenvalue weighted by Gasteiger charge is -2.36. The Morgan fingerprint density at radius 3 is 2.33 bits per heavy atom. The lowest BCUT2D eigenvalue weighted by Crippen LogP contribution is -2.49. The SMILES string of the molecule is O=c1c2sc(-c3ccc(Cl)cc3)cc2ncn1-c1ccc2nc(CN3CCN(CCN4CCOCC4)CC3)ccc2c1. The zero-order valence-corrected chi connectivity index (χ0v) is 25.0. The first-order valence-electron chi connectivity index (χ1n) is 14.5. The van der Waals surface area contributed by atoms with Crippen LogP contribution >= 0.6 is 22.9 Å². The Hall–Kier alpha value is -3.18. The highest BCUT2D eigenvalue weighted by Crippen LogP contribution is 2.31. The predicted molar refractivity (Wildman–Crippen MR) is 170 cm³/mol. The second-order valence-corrected chi connectivity index (χ2v) is 12.5. The van der Waals surface area contributed by atoms with E-state index in [0.29, 0.717) is 15.2 Å². The molecule has 42 heavy (non-hydrogen) atoms. The van der Waals surface area contributed by atoms with Crippen LogP contribution in [-0.4, -0.2) is 94.8 Å². The number of piperazine rings is 1. The Kier molecular flexibility index (Phi) is 8.03. The van der Waals surface area contributed by atoms with E-state index in [2.05, 4.69) is 31.8 Å². The van der Waals surface area contributed by atoms with Crippen LogP contribution in [0.2, 0.25) is 5.02 Å². The number of benzene rings is 2. The van der Waals surface area contributed by atoms with Crippen molar-refractivity contribution < 1.29 is 4.74 Å². The van der Waals surface area contributed by atoms with E-state index in [4.69, 9.17) is 21.3 Å². The van der Waals surface area contributed by atoms with Gasteiger partial charge in [0.2, 0.25) is 0 Å². The third kappa shape index (κ3) is 5.99. The first-order chi connectivity index (χ1) is 20.6. The van der Waals surface area contributed by atoms with Crippen molar-refractivity contribution in [2.75, 3.05) is 65.6 Å². The molecule has 7 rings (SSSR count). The van der Waals surface area contributed by atoms with Gasteiger partial charge in [0.1, 0.15) is 11.0 Å². The van der Waals surface area contributed by atoms with Crippen LogP contribution in [0.5, 0.6) is 0 Å². The molecular formula is C32H33ClN6O2S. The van der Waals surface area contributed by atoms with Crippen molar-refractivity contribution in [3.8, 4) is 16.1 Å². The summed E-state index contributed by atoms with van der Waals surface area (Å²) in [5.74, 6) is 0. The molecule has 0 N–H and O–H groups in total. The van der Waals surface area contributed by atoms with Gasteiger partial charge < -0.3 is 4.74 Å². The molecule has 0 radical (unpaired) electrons. The molecule has 8 nitrogen and oxygen atoms in total. The molecule has 5 heterocycles. The third-order valence-corrected chi connectivity index (χ3v) is 9.68. The molecule has 216 valence electrons. The van der Waals surface area contributed by atoms with Crippen LogP contribution in [0.3, 0.4) is 0 Å². The molecule has 0 aliphatic carbocycles. The van der Waals surface area contributed by atoms with E-state index < -0.39 is 0 Å².